The quantitative estimate of drug-likeness (QED) is 0.814. The van der Waals surface area contributed by atoms with Crippen LogP contribution >= 0.6 is 0 Å². The van der Waals surface area contributed by atoms with Gasteiger partial charge < -0.3 is 4.90 Å². The molecule has 2 aliphatic rings. The summed E-state index contributed by atoms with van der Waals surface area (Å²) >= 11 is 0. The highest BCUT2D eigenvalue weighted by Crippen LogP contribution is 2.17. The molecule has 0 bridgehead atoms. The van der Waals surface area contributed by atoms with E-state index in [1.54, 1.807) is 10.7 Å². The Balaban J connectivity index is 1.32. The van der Waals surface area contributed by atoms with Gasteiger partial charge in [-0.05, 0) is 43.9 Å². The van der Waals surface area contributed by atoms with Crippen LogP contribution in [0.3, 0.4) is 0 Å². The van der Waals surface area contributed by atoms with E-state index in [1.807, 2.05) is 19.1 Å². The number of aromatic nitrogens is 4. The summed E-state index contributed by atoms with van der Waals surface area (Å²) < 4.78 is 1.64. The SMILES string of the molecule is Cc1ccc(N2CCN(CCn3nc4c(cc3=O)CCC4)CC2)nn1. The number of nitrogens with zero attached hydrogens (tertiary/aromatic N) is 6. The van der Waals surface area contributed by atoms with E-state index < -0.39 is 0 Å². The van der Waals surface area contributed by atoms with E-state index in [0.29, 0.717) is 6.54 Å². The lowest BCUT2D eigenvalue weighted by atomic mass is 10.2. The van der Waals surface area contributed by atoms with Gasteiger partial charge in [0.1, 0.15) is 0 Å². The van der Waals surface area contributed by atoms with E-state index in [-0.39, 0.29) is 5.56 Å². The molecule has 7 nitrogen and oxygen atoms in total. The van der Waals surface area contributed by atoms with Crippen molar-refractivity contribution in [3.8, 4) is 0 Å². The molecule has 25 heavy (non-hydrogen) atoms. The third-order valence-corrected chi connectivity index (χ3v) is 5.13. The van der Waals surface area contributed by atoms with Crippen LogP contribution in [-0.4, -0.2) is 57.6 Å². The first kappa shape index (κ1) is 16.2. The topological polar surface area (TPSA) is 67.2 Å². The van der Waals surface area contributed by atoms with Gasteiger partial charge >= 0.3 is 0 Å². The smallest absolute Gasteiger partial charge is 0.267 e. The van der Waals surface area contributed by atoms with Crippen molar-refractivity contribution >= 4 is 5.82 Å². The van der Waals surface area contributed by atoms with Gasteiger partial charge in [-0.15, -0.1) is 5.10 Å². The van der Waals surface area contributed by atoms with Crippen molar-refractivity contribution in [3.63, 3.8) is 0 Å². The highest BCUT2D eigenvalue weighted by molar-refractivity contribution is 5.37. The largest absolute Gasteiger partial charge is 0.353 e. The average Bonchev–Trinajstić information content (AvgIpc) is 3.08. The standard InChI is InChI=1S/C18H24N6O/c1-14-5-6-17(20-19-14)23-10-7-22(8-11-23)9-12-24-18(25)13-15-3-2-4-16(15)21-24/h5-6,13H,2-4,7-12H2,1H3. The molecule has 0 unspecified atom stereocenters. The Morgan fingerprint density at radius 2 is 1.88 bits per heavy atom. The number of piperazine rings is 1. The zero-order valence-corrected chi connectivity index (χ0v) is 14.7. The Hall–Kier alpha value is -2.28. The Labute approximate surface area is 147 Å². The van der Waals surface area contributed by atoms with Crippen molar-refractivity contribution in [2.45, 2.75) is 32.7 Å². The van der Waals surface area contributed by atoms with Crippen LogP contribution in [0, 0.1) is 6.92 Å². The van der Waals surface area contributed by atoms with E-state index in [4.69, 9.17) is 0 Å². The van der Waals surface area contributed by atoms with Crippen LogP contribution in [0.25, 0.3) is 0 Å². The van der Waals surface area contributed by atoms with Gasteiger partial charge in [-0.3, -0.25) is 9.69 Å². The lowest BCUT2D eigenvalue weighted by Crippen LogP contribution is -2.48. The van der Waals surface area contributed by atoms with Crippen molar-refractivity contribution in [3.05, 3.63) is 45.5 Å². The second-order valence-corrected chi connectivity index (χ2v) is 6.89. The summed E-state index contributed by atoms with van der Waals surface area (Å²) in [5.74, 6) is 0.946. The van der Waals surface area contributed by atoms with Gasteiger partial charge in [0.05, 0.1) is 17.9 Å². The Bertz CT molecular complexity index is 792. The van der Waals surface area contributed by atoms with Crippen molar-refractivity contribution in [1.29, 1.82) is 0 Å². The molecule has 1 aliphatic carbocycles. The van der Waals surface area contributed by atoms with Gasteiger partial charge in [-0.25, -0.2) is 4.68 Å². The van der Waals surface area contributed by atoms with E-state index in [2.05, 4.69) is 25.1 Å². The third-order valence-electron chi connectivity index (χ3n) is 5.13. The second-order valence-electron chi connectivity index (χ2n) is 6.89. The summed E-state index contributed by atoms with van der Waals surface area (Å²) in [7, 11) is 0. The van der Waals surface area contributed by atoms with Gasteiger partial charge in [0.2, 0.25) is 0 Å². The molecule has 3 heterocycles. The fraction of sp³-hybridized carbons (Fsp3) is 0.556. The zero-order valence-electron chi connectivity index (χ0n) is 14.7. The van der Waals surface area contributed by atoms with Crippen LogP contribution < -0.4 is 10.5 Å². The van der Waals surface area contributed by atoms with Crippen molar-refractivity contribution in [1.82, 2.24) is 24.9 Å². The highest BCUT2D eigenvalue weighted by Gasteiger charge is 2.19. The van der Waals surface area contributed by atoms with Crippen LogP contribution in [0.4, 0.5) is 5.82 Å². The lowest BCUT2D eigenvalue weighted by molar-refractivity contribution is 0.242. The molecule has 7 heteroatoms. The van der Waals surface area contributed by atoms with Gasteiger partial charge in [-0.1, -0.05) is 0 Å². The van der Waals surface area contributed by atoms with E-state index in [1.165, 1.54) is 0 Å². The molecule has 0 radical (unpaired) electrons. The summed E-state index contributed by atoms with van der Waals surface area (Å²) in [5, 5.41) is 13.0. The van der Waals surface area contributed by atoms with E-state index in [9.17, 15) is 4.79 Å². The lowest BCUT2D eigenvalue weighted by Gasteiger charge is -2.35. The van der Waals surface area contributed by atoms with Crippen LogP contribution in [0.2, 0.25) is 0 Å². The molecule has 1 fully saturated rings. The fourth-order valence-corrected chi connectivity index (χ4v) is 3.60. The second kappa shape index (κ2) is 6.92. The summed E-state index contributed by atoms with van der Waals surface area (Å²) in [6, 6.07) is 5.82. The molecule has 2 aromatic heterocycles. The van der Waals surface area contributed by atoms with Crippen LogP contribution in [-0.2, 0) is 19.4 Å². The molecular formula is C18H24N6O. The van der Waals surface area contributed by atoms with E-state index in [0.717, 1.165) is 74.8 Å². The summed E-state index contributed by atoms with van der Waals surface area (Å²) in [6.07, 6.45) is 3.13. The number of aryl methyl sites for hydroxylation is 3. The van der Waals surface area contributed by atoms with Crippen molar-refractivity contribution in [2.75, 3.05) is 37.6 Å². The minimum atomic E-state index is 0.0363. The molecule has 0 aromatic carbocycles. The minimum Gasteiger partial charge on any atom is -0.353 e. The number of fused-ring (bicyclic) bond motifs is 1. The average molecular weight is 340 g/mol. The molecule has 0 atom stereocenters. The maximum Gasteiger partial charge on any atom is 0.267 e. The molecule has 0 N–H and O–H groups in total. The fourth-order valence-electron chi connectivity index (χ4n) is 3.60. The highest BCUT2D eigenvalue weighted by atomic mass is 16.1. The Morgan fingerprint density at radius 3 is 2.64 bits per heavy atom. The maximum atomic E-state index is 12.2. The molecule has 0 amide bonds. The molecule has 132 valence electrons. The first-order valence-electron chi connectivity index (χ1n) is 9.06. The van der Waals surface area contributed by atoms with Crippen molar-refractivity contribution < 1.29 is 0 Å². The number of anilines is 1. The summed E-state index contributed by atoms with van der Waals surface area (Å²) in [5.41, 5.74) is 3.24. The predicted octanol–water partition coefficient (Wildman–Crippen LogP) is 0.653. The minimum absolute atomic E-state index is 0.0363. The molecule has 4 rings (SSSR count). The third kappa shape index (κ3) is 3.56. The van der Waals surface area contributed by atoms with Gasteiger partial charge in [0.15, 0.2) is 5.82 Å². The monoisotopic (exact) mass is 340 g/mol. The molecule has 2 aromatic rings. The Morgan fingerprint density at radius 1 is 1.04 bits per heavy atom. The molecule has 0 saturated carbocycles. The summed E-state index contributed by atoms with van der Waals surface area (Å²) in [4.78, 5) is 16.8. The molecular weight excluding hydrogens is 316 g/mol. The van der Waals surface area contributed by atoms with Crippen molar-refractivity contribution in [2.24, 2.45) is 0 Å². The number of hydrogen-bond acceptors (Lipinski definition) is 6. The van der Waals surface area contributed by atoms with Gasteiger partial charge in [-0.2, -0.15) is 10.2 Å². The summed E-state index contributed by atoms with van der Waals surface area (Å²) in [6.45, 7) is 7.28. The first-order chi connectivity index (χ1) is 12.2. The van der Waals surface area contributed by atoms with Crippen LogP contribution in [0.1, 0.15) is 23.4 Å². The number of rotatable bonds is 4. The maximum absolute atomic E-state index is 12.2. The normalized spacial score (nSPS) is 17.7. The zero-order chi connectivity index (χ0) is 17.2. The molecule has 1 aliphatic heterocycles. The van der Waals surface area contributed by atoms with Gasteiger partial charge in [0, 0.05) is 38.8 Å². The van der Waals surface area contributed by atoms with Crippen LogP contribution in [0.15, 0.2) is 23.0 Å². The molecule has 1 saturated heterocycles. The Kier molecular flexibility index (Phi) is 4.48. The molecule has 0 spiro atoms. The van der Waals surface area contributed by atoms with Gasteiger partial charge in [0.25, 0.3) is 5.56 Å². The first-order valence-corrected chi connectivity index (χ1v) is 9.06. The van der Waals surface area contributed by atoms with Crippen LogP contribution in [0.5, 0.6) is 0 Å². The predicted molar refractivity (Wildman–Crippen MR) is 95.9 cm³/mol. The van der Waals surface area contributed by atoms with E-state index >= 15 is 0 Å². The number of hydrogen-bond donors (Lipinski definition) is 0.